The maximum absolute atomic E-state index is 11.1. The molecule has 2 radical (unpaired) electrons. The average molecular weight is 488 g/mol. The highest BCUT2D eigenvalue weighted by molar-refractivity contribution is 7.79. The van der Waals surface area contributed by atoms with Crippen molar-refractivity contribution < 1.29 is 14.4 Å². The van der Waals surface area contributed by atoms with Crippen molar-refractivity contribution in [2.45, 2.75) is 6.54 Å². The average Bonchev–Trinajstić information content (AvgIpc) is 2.82. The second-order valence-electron chi connectivity index (χ2n) is 7.93. The molecule has 1 aromatic carbocycles. The second-order valence-corrected chi connectivity index (χ2v) is 8.16. The molecule has 0 amide bonds. The molecule has 1 aliphatic heterocycles. The molecule has 9 nitrogen and oxygen atoms in total. The van der Waals surface area contributed by atoms with E-state index in [0.29, 0.717) is 19.6 Å². The number of carbonyl (C=O) groups is 3. The Labute approximate surface area is 210 Å². The molecule has 11 heteroatoms. The number of hydrogen-bond acceptors (Lipinski definition) is 9. The van der Waals surface area contributed by atoms with Gasteiger partial charge in [-0.2, -0.15) is 0 Å². The van der Waals surface area contributed by atoms with Crippen molar-refractivity contribution in [2.75, 3.05) is 84.4 Å². The zero-order valence-electron chi connectivity index (χ0n) is 20.1. The largest absolute Gasteiger partial charge is 0.369 e. The number of hydrogen-bond donors (Lipinski definition) is 2. The van der Waals surface area contributed by atoms with Crippen LogP contribution in [0.5, 0.6) is 0 Å². The summed E-state index contributed by atoms with van der Waals surface area (Å²) >= 11 is 4.83. The molecule has 0 saturated carbocycles. The lowest BCUT2D eigenvalue weighted by molar-refractivity contribution is -0.110. The molecular formula is C23H37BN6O3S. The number of nitrogens with zero attached hydrogens (tertiary/aromatic N) is 4. The fraction of sp³-hybridized carbons (Fsp3) is 0.565. The Bertz CT molecular complexity index is 686. The van der Waals surface area contributed by atoms with Crippen LogP contribution in [0.15, 0.2) is 24.3 Å². The first-order valence-corrected chi connectivity index (χ1v) is 11.9. The van der Waals surface area contributed by atoms with Gasteiger partial charge in [-0.15, -0.1) is 0 Å². The van der Waals surface area contributed by atoms with Crippen molar-refractivity contribution in [1.82, 2.24) is 24.8 Å². The van der Waals surface area contributed by atoms with E-state index in [-0.39, 0.29) is 0 Å². The monoisotopic (exact) mass is 488 g/mol. The minimum Gasteiger partial charge on any atom is -0.369 e. The van der Waals surface area contributed by atoms with Crippen molar-refractivity contribution in [3.05, 3.63) is 29.8 Å². The summed E-state index contributed by atoms with van der Waals surface area (Å²) in [6, 6.07) is 8.18. The van der Waals surface area contributed by atoms with E-state index >= 15 is 0 Å². The van der Waals surface area contributed by atoms with Crippen LogP contribution in [0.25, 0.3) is 0 Å². The quantitative estimate of drug-likeness (QED) is 0.259. The molecule has 2 rings (SSSR count). The van der Waals surface area contributed by atoms with Crippen LogP contribution in [0, 0.1) is 0 Å². The van der Waals surface area contributed by atoms with Crippen LogP contribution in [0.4, 0.5) is 5.69 Å². The Morgan fingerprint density at radius 1 is 0.765 bits per heavy atom. The lowest BCUT2D eigenvalue weighted by atomic mass is 10.2. The van der Waals surface area contributed by atoms with E-state index in [4.69, 9.17) is 12.2 Å². The Balaban J connectivity index is 0.00000182. The van der Waals surface area contributed by atoms with Crippen LogP contribution in [-0.2, 0) is 20.9 Å². The highest BCUT2D eigenvalue weighted by Gasteiger charge is 2.16. The number of carbonyl (C=O) groups excluding carboxylic acids is 3. The summed E-state index contributed by atoms with van der Waals surface area (Å²) in [7, 11) is 6.25. The Hall–Kier alpha value is -2.02. The fourth-order valence-corrected chi connectivity index (χ4v) is 3.77. The van der Waals surface area contributed by atoms with Crippen molar-refractivity contribution >= 4 is 50.2 Å². The molecule has 0 aliphatic carbocycles. The molecular weight excluding hydrogens is 451 g/mol. The zero-order valence-corrected chi connectivity index (χ0v) is 20.9. The standard InChI is InChI=1S/C22H33N5O3S.CH4BN/c28-16-13-24-5-7-25(14-17-29)9-11-27(12-10-26(8-6-24)15-18-30)19-21-1-3-22(4-2-21)23-20-31;1-3-2/h1-4,16-18,20H,5-15,19H2,(H,23,31);3H,1H3. The Kier molecular flexibility index (Phi) is 17.0. The fourth-order valence-electron chi connectivity index (χ4n) is 3.63. The lowest BCUT2D eigenvalue weighted by Crippen LogP contribution is -2.46. The molecule has 186 valence electrons. The van der Waals surface area contributed by atoms with E-state index in [1.54, 1.807) is 7.05 Å². The van der Waals surface area contributed by atoms with E-state index in [9.17, 15) is 14.4 Å². The zero-order chi connectivity index (χ0) is 25.0. The minimum absolute atomic E-state index is 0.365. The summed E-state index contributed by atoms with van der Waals surface area (Å²) in [5.74, 6) is 0. The first-order valence-electron chi connectivity index (χ1n) is 11.5. The highest BCUT2D eigenvalue weighted by Crippen LogP contribution is 2.11. The first-order chi connectivity index (χ1) is 16.6. The summed E-state index contributed by atoms with van der Waals surface area (Å²) in [5, 5.41) is 5.26. The van der Waals surface area contributed by atoms with E-state index in [0.717, 1.165) is 83.4 Å². The highest BCUT2D eigenvalue weighted by atomic mass is 32.1. The summed E-state index contributed by atoms with van der Waals surface area (Å²) < 4.78 is 0. The third-order valence-electron chi connectivity index (χ3n) is 5.51. The molecule has 1 saturated heterocycles. The number of benzene rings is 1. The molecule has 0 spiro atoms. The van der Waals surface area contributed by atoms with Gasteiger partial charge in [-0.3, -0.25) is 19.6 Å². The normalized spacial score (nSPS) is 17.3. The predicted octanol–water partition coefficient (Wildman–Crippen LogP) is -0.337. The Morgan fingerprint density at radius 2 is 1.12 bits per heavy atom. The van der Waals surface area contributed by atoms with Gasteiger partial charge in [0.15, 0.2) is 7.98 Å². The number of thiocarbonyl (C=S) groups is 1. The van der Waals surface area contributed by atoms with E-state index < -0.39 is 0 Å². The third kappa shape index (κ3) is 13.0. The van der Waals surface area contributed by atoms with Gasteiger partial charge in [-0.1, -0.05) is 24.4 Å². The van der Waals surface area contributed by atoms with Crippen LogP contribution in [0.2, 0.25) is 0 Å². The van der Waals surface area contributed by atoms with Crippen molar-refractivity contribution in [3.63, 3.8) is 0 Å². The molecule has 34 heavy (non-hydrogen) atoms. The summed E-state index contributed by atoms with van der Waals surface area (Å²) in [6.07, 6.45) is 2.79. The molecule has 2 N–H and O–H groups in total. The van der Waals surface area contributed by atoms with Crippen molar-refractivity contribution in [3.8, 4) is 0 Å². The van der Waals surface area contributed by atoms with Crippen molar-refractivity contribution in [2.24, 2.45) is 0 Å². The summed E-state index contributed by atoms with van der Waals surface area (Å²) in [4.78, 5) is 42.0. The summed E-state index contributed by atoms with van der Waals surface area (Å²) in [5.41, 5.74) is 3.65. The van der Waals surface area contributed by atoms with Gasteiger partial charge in [0.1, 0.15) is 18.9 Å². The summed E-state index contributed by atoms with van der Waals surface area (Å²) in [6.45, 7) is 7.99. The van der Waals surface area contributed by atoms with Gasteiger partial charge in [0.2, 0.25) is 0 Å². The number of rotatable bonds is 10. The molecule has 0 bridgehead atoms. The van der Waals surface area contributed by atoms with E-state index in [1.165, 1.54) is 11.1 Å². The van der Waals surface area contributed by atoms with Gasteiger partial charge in [0.05, 0.1) is 25.1 Å². The predicted molar refractivity (Wildman–Crippen MR) is 141 cm³/mol. The smallest absolute Gasteiger partial charge is 0.177 e. The number of nitrogens with one attached hydrogen (secondary N) is 2. The molecule has 0 aromatic heterocycles. The SMILES string of the molecule is O=CCN1CCN(CC=O)CCN(Cc2ccc(NC=S)cc2)CCN(CC=O)CC1.[B]NC. The van der Waals surface area contributed by atoms with Gasteiger partial charge in [0, 0.05) is 64.6 Å². The van der Waals surface area contributed by atoms with Crippen LogP contribution < -0.4 is 10.5 Å². The molecule has 1 heterocycles. The van der Waals surface area contributed by atoms with Gasteiger partial charge in [0.25, 0.3) is 0 Å². The van der Waals surface area contributed by atoms with Crippen LogP contribution in [0.1, 0.15) is 5.56 Å². The first kappa shape index (κ1) is 30.0. The van der Waals surface area contributed by atoms with E-state index in [1.807, 2.05) is 12.1 Å². The number of aldehydes is 3. The molecule has 1 aromatic rings. The molecule has 1 fully saturated rings. The second kappa shape index (κ2) is 19.3. The molecule has 0 unspecified atom stereocenters. The maximum atomic E-state index is 11.1. The third-order valence-corrected chi connectivity index (χ3v) is 5.63. The van der Waals surface area contributed by atoms with E-state index in [2.05, 4.69) is 50.3 Å². The van der Waals surface area contributed by atoms with Gasteiger partial charge in [-0.25, -0.2) is 0 Å². The lowest BCUT2D eigenvalue weighted by Gasteiger charge is -2.33. The van der Waals surface area contributed by atoms with Gasteiger partial charge in [-0.05, 0) is 24.7 Å². The molecule has 1 aliphatic rings. The van der Waals surface area contributed by atoms with Gasteiger partial charge >= 0.3 is 0 Å². The topological polar surface area (TPSA) is 88.2 Å². The van der Waals surface area contributed by atoms with Crippen molar-refractivity contribution in [1.29, 1.82) is 0 Å². The maximum Gasteiger partial charge on any atom is 0.177 e. The van der Waals surface area contributed by atoms with Crippen LogP contribution in [-0.4, -0.2) is 131 Å². The number of anilines is 1. The molecule has 0 atom stereocenters. The van der Waals surface area contributed by atoms with Crippen LogP contribution >= 0.6 is 12.2 Å². The van der Waals surface area contributed by atoms with Crippen LogP contribution in [0.3, 0.4) is 0 Å². The van der Waals surface area contributed by atoms with Gasteiger partial charge < -0.3 is 24.9 Å². The Morgan fingerprint density at radius 3 is 1.44 bits per heavy atom. The minimum atomic E-state index is 0.365.